The van der Waals surface area contributed by atoms with Gasteiger partial charge in [0.1, 0.15) is 12.1 Å². The molecular formula is C37H39ClFN7O3. The number of nitrogens with one attached hydrogen (secondary N) is 1. The van der Waals surface area contributed by atoms with Crippen LogP contribution in [0.3, 0.4) is 0 Å². The van der Waals surface area contributed by atoms with E-state index in [1.54, 1.807) is 15.7 Å². The van der Waals surface area contributed by atoms with Crippen molar-refractivity contribution < 1.29 is 13.9 Å². The van der Waals surface area contributed by atoms with Crippen LogP contribution in [0.5, 0.6) is 5.75 Å². The fraction of sp³-hybridized carbons (Fsp3) is 0.378. The topological polar surface area (TPSA) is 109 Å². The van der Waals surface area contributed by atoms with E-state index < -0.39 is 11.4 Å². The van der Waals surface area contributed by atoms with Gasteiger partial charge in [0.05, 0.1) is 57.7 Å². The van der Waals surface area contributed by atoms with E-state index >= 15 is 9.18 Å². The van der Waals surface area contributed by atoms with Crippen LogP contribution in [-0.2, 0) is 4.79 Å². The summed E-state index contributed by atoms with van der Waals surface area (Å²) in [6.07, 6.45) is 5.04. The second kappa shape index (κ2) is 12.3. The van der Waals surface area contributed by atoms with Crippen LogP contribution in [0.1, 0.15) is 69.8 Å². The number of ether oxygens (including phenoxy) is 1. The van der Waals surface area contributed by atoms with Crippen molar-refractivity contribution in [2.24, 2.45) is 0 Å². The van der Waals surface area contributed by atoms with E-state index in [2.05, 4.69) is 31.6 Å². The molecule has 2 aromatic carbocycles. The maximum absolute atomic E-state index is 17.0. The third-order valence-corrected chi connectivity index (χ3v) is 10.2. The standard InChI is InChI=1S/C37H39ClFN7O3/c1-8-27(47)44-16-22-11-12-49-36-34(45(22)15-21(44)7)23-13-25(39)29(28-20(6)9-10-26-24(28)14-42-43-26)30(38)33(23)46(37(36)48)35-31(18(2)3)40-17-41-32(35)19(4)5/h8-10,13-14,17-19,21-22H,1,11-12,15-16H2,2-7H3,(H,42,43). The highest BCUT2D eigenvalue weighted by atomic mass is 35.5. The third kappa shape index (κ3) is 5.08. The summed E-state index contributed by atoms with van der Waals surface area (Å²) in [5.41, 5.74) is 4.49. The number of halogens is 2. The van der Waals surface area contributed by atoms with Gasteiger partial charge in [0.15, 0.2) is 0 Å². The number of hydrogen-bond donors (Lipinski definition) is 1. The van der Waals surface area contributed by atoms with Crippen LogP contribution >= 0.6 is 11.6 Å². The van der Waals surface area contributed by atoms with Gasteiger partial charge in [-0.05, 0) is 49.5 Å². The lowest BCUT2D eigenvalue weighted by molar-refractivity contribution is -0.128. The Morgan fingerprint density at radius 2 is 1.82 bits per heavy atom. The highest BCUT2D eigenvalue weighted by Crippen LogP contribution is 2.47. The number of benzene rings is 2. The number of aromatic nitrogens is 5. The molecule has 10 nitrogen and oxygen atoms in total. The van der Waals surface area contributed by atoms with Gasteiger partial charge in [0, 0.05) is 47.5 Å². The number of fused-ring (bicyclic) bond motifs is 6. The Bertz CT molecular complexity index is 2200. The minimum atomic E-state index is -0.548. The van der Waals surface area contributed by atoms with Gasteiger partial charge < -0.3 is 14.5 Å². The van der Waals surface area contributed by atoms with Gasteiger partial charge in [0.2, 0.25) is 11.7 Å². The van der Waals surface area contributed by atoms with E-state index in [9.17, 15) is 4.79 Å². The molecule has 0 saturated carbocycles. The summed E-state index contributed by atoms with van der Waals surface area (Å²) in [5, 5.41) is 8.40. The first kappa shape index (κ1) is 32.8. The Hall–Kier alpha value is -4.77. The zero-order chi connectivity index (χ0) is 34.9. The van der Waals surface area contributed by atoms with Gasteiger partial charge in [-0.15, -0.1) is 0 Å². The molecule has 3 aromatic heterocycles. The third-order valence-electron chi connectivity index (χ3n) is 9.85. The molecule has 0 aliphatic carbocycles. The lowest BCUT2D eigenvalue weighted by Gasteiger charge is -2.45. The summed E-state index contributed by atoms with van der Waals surface area (Å²) >= 11 is 7.49. The minimum Gasteiger partial charge on any atom is -0.486 e. The lowest BCUT2D eigenvalue weighted by atomic mass is 9.94. The van der Waals surface area contributed by atoms with Gasteiger partial charge in [-0.1, -0.05) is 51.9 Å². The van der Waals surface area contributed by atoms with Crippen LogP contribution in [0.25, 0.3) is 38.6 Å². The molecular weight excluding hydrogens is 645 g/mol. The van der Waals surface area contributed by atoms with Crippen LogP contribution in [-0.4, -0.2) is 67.3 Å². The predicted molar refractivity (Wildman–Crippen MR) is 191 cm³/mol. The number of carbonyl (C=O) groups excluding carboxylic acids is 1. The van der Waals surface area contributed by atoms with Gasteiger partial charge >= 0.3 is 0 Å². The lowest BCUT2D eigenvalue weighted by Crippen LogP contribution is -2.59. The van der Waals surface area contributed by atoms with Crippen molar-refractivity contribution in [3.05, 3.63) is 81.5 Å². The molecule has 2 unspecified atom stereocenters. The number of aromatic amines is 1. The molecule has 7 rings (SSSR count). The van der Waals surface area contributed by atoms with Gasteiger partial charge in [-0.25, -0.2) is 14.4 Å². The normalized spacial score (nSPS) is 17.8. The molecule has 1 fully saturated rings. The van der Waals surface area contributed by atoms with E-state index in [0.29, 0.717) is 64.1 Å². The molecule has 5 heterocycles. The zero-order valence-electron chi connectivity index (χ0n) is 28.5. The number of hydrogen-bond acceptors (Lipinski definition) is 7. The molecule has 0 radical (unpaired) electrons. The predicted octanol–water partition coefficient (Wildman–Crippen LogP) is 7.05. The Morgan fingerprint density at radius 3 is 2.49 bits per heavy atom. The molecule has 49 heavy (non-hydrogen) atoms. The maximum Gasteiger partial charge on any atom is 0.300 e. The highest BCUT2D eigenvalue weighted by Gasteiger charge is 2.40. The number of nitrogens with zero attached hydrogens (tertiary/aromatic N) is 6. The van der Waals surface area contributed by atoms with E-state index in [4.69, 9.17) is 16.3 Å². The SMILES string of the molecule is C=CC(=O)N1CC2CCOc3c(c4cc(F)c(-c5c(C)ccc6[nH]ncc56)c(Cl)c4n(-c4c(C(C)C)ncnc4C(C)C)c3=O)N2CC1C. The van der Waals surface area contributed by atoms with E-state index in [0.717, 1.165) is 11.1 Å². The number of aryl methyl sites for hydroxylation is 1. The molecule has 12 heteroatoms. The summed E-state index contributed by atoms with van der Waals surface area (Å²) in [5.74, 6) is -0.771. The van der Waals surface area contributed by atoms with Crippen molar-refractivity contribution in [3.63, 3.8) is 0 Å². The number of rotatable bonds is 5. The molecule has 0 spiro atoms. The van der Waals surface area contributed by atoms with Crippen molar-refractivity contribution in [2.45, 2.75) is 71.9 Å². The van der Waals surface area contributed by atoms with Gasteiger partial charge in [0.25, 0.3) is 5.56 Å². The van der Waals surface area contributed by atoms with Gasteiger partial charge in [-0.2, -0.15) is 5.10 Å². The molecule has 1 saturated heterocycles. The van der Waals surface area contributed by atoms with Crippen LogP contribution < -0.4 is 15.2 Å². The molecule has 0 bridgehead atoms. The average molecular weight is 684 g/mol. The Balaban J connectivity index is 1.64. The van der Waals surface area contributed by atoms with Crippen molar-refractivity contribution in [1.82, 2.24) is 29.6 Å². The molecule has 2 atom stereocenters. The molecule has 2 aliphatic rings. The van der Waals surface area contributed by atoms with Crippen molar-refractivity contribution in [3.8, 4) is 22.6 Å². The van der Waals surface area contributed by atoms with E-state index in [1.807, 2.05) is 53.7 Å². The number of amides is 1. The van der Waals surface area contributed by atoms with E-state index in [-0.39, 0.29) is 52.8 Å². The summed E-state index contributed by atoms with van der Waals surface area (Å²) in [4.78, 5) is 41.2. The number of anilines is 1. The number of carbonyl (C=O) groups is 1. The summed E-state index contributed by atoms with van der Waals surface area (Å²) in [6.45, 7) is 16.6. The monoisotopic (exact) mass is 683 g/mol. The molecule has 1 N–H and O–H groups in total. The summed E-state index contributed by atoms with van der Waals surface area (Å²) in [6, 6.07) is 4.84. The van der Waals surface area contributed by atoms with Crippen molar-refractivity contribution in [1.29, 1.82) is 0 Å². The van der Waals surface area contributed by atoms with Gasteiger partial charge in [-0.3, -0.25) is 19.3 Å². The van der Waals surface area contributed by atoms with E-state index in [1.165, 1.54) is 18.5 Å². The average Bonchev–Trinajstić information content (AvgIpc) is 3.47. The summed E-state index contributed by atoms with van der Waals surface area (Å²) in [7, 11) is 0. The van der Waals surface area contributed by atoms with Crippen LogP contribution in [0, 0.1) is 12.7 Å². The first-order valence-corrected chi connectivity index (χ1v) is 17.0. The molecule has 5 aromatic rings. The zero-order valence-corrected chi connectivity index (χ0v) is 29.2. The largest absolute Gasteiger partial charge is 0.486 e. The van der Waals surface area contributed by atoms with Crippen LogP contribution in [0.2, 0.25) is 5.02 Å². The van der Waals surface area contributed by atoms with Crippen molar-refractivity contribution in [2.75, 3.05) is 24.6 Å². The highest BCUT2D eigenvalue weighted by molar-refractivity contribution is 6.39. The second-order valence-corrected chi connectivity index (χ2v) is 14.0. The first-order chi connectivity index (χ1) is 23.4. The quantitative estimate of drug-likeness (QED) is 0.198. The molecule has 254 valence electrons. The number of pyridine rings is 1. The molecule has 2 aliphatic heterocycles. The van der Waals surface area contributed by atoms with Crippen molar-refractivity contribution >= 4 is 45.0 Å². The minimum absolute atomic E-state index is 0.0780. The molecule has 1 amide bonds. The smallest absolute Gasteiger partial charge is 0.300 e. The first-order valence-electron chi connectivity index (χ1n) is 16.7. The summed E-state index contributed by atoms with van der Waals surface area (Å²) < 4.78 is 24.9. The fourth-order valence-electron chi connectivity index (χ4n) is 7.51. The number of H-pyrrole nitrogens is 1. The maximum atomic E-state index is 17.0. The number of piperazine rings is 1. The van der Waals surface area contributed by atoms with Crippen LogP contribution in [0.4, 0.5) is 10.1 Å². The van der Waals surface area contributed by atoms with Crippen LogP contribution in [0.15, 0.2) is 48.2 Å². The Kier molecular flexibility index (Phi) is 8.21. The second-order valence-electron chi connectivity index (χ2n) is 13.6. The Labute approximate surface area is 288 Å². The Morgan fingerprint density at radius 1 is 1.10 bits per heavy atom. The fourth-order valence-corrected chi connectivity index (χ4v) is 7.88.